The van der Waals surface area contributed by atoms with Crippen molar-refractivity contribution in [3.05, 3.63) is 0 Å². The topological polar surface area (TPSA) is 26.3 Å². The third kappa shape index (κ3) is 6.58. The van der Waals surface area contributed by atoms with Gasteiger partial charge in [-0.2, -0.15) is 0 Å². The maximum atomic E-state index is 10.8. The Morgan fingerprint density at radius 1 is 1.40 bits per heavy atom. The minimum Gasteiger partial charge on any atom is -0.282 e. The summed E-state index contributed by atoms with van der Waals surface area (Å²) in [4.78, 5) is 0. The molecule has 4 heteroatoms. The highest BCUT2D eigenvalue weighted by molar-refractivity contribution is 8.67. The summed E-state index contributed by atoms with van der Waals surface area (Å²) < 4.78 is 15.7. The third-order valence-corrected chi connectivity index (χ3v) is 3.26. The Morgan fingerprint density at radius 2 is 2.10 bits per heavy atom. The van der Waals surface area contributed by atoms with Crippen LogP contribution in [0, 0.1) is 0 Å². The van der Waals surface area contributed by atoms with E-state index < -0.39 is 10.1 Å². The lowest BCUT2D eigenvalue weighted by Crippen LogP contribution is -1.94. The maximum absolute atomic E-state index is 10.8. The minimum absolute atomic E-state index is 0.601. The van der Waals surface area contributed by atoms with Crippen LogP contribution in [0.2, 0.25) is 0 Å². The van der Waals surface area contributed by atoms with E-state index in [1.807, 2.05) is 6.92 Å². The standard InChI is InChI=1S/C6H14O2S2/c1-3-5-8-10(7)9-6-4-2/h3-6H2,1-2H3. The fourth-order valence-electron chi connectivity index (χ4n) is 0.337. The Labute approximate surface area is 68.8 Å². The largest absolute Gasteiger partial charge is 0.282 e. The molecule has 0 radical (unpaired) electrons. The van der Waals surface area contributed by atoms with Crippen LogP contribution >= 0.6 is 10.8 Å². The molecule has 0 aromatic carbocycles. The van der Waals surface area contributed by atoms with E-state index in [0.29, 0.717) is 6.61 Å². The van der Waals surface area contributed by atoms with Gasteiger partial charge in [0.1, 0.15) is 0 Å². The van der Waals surface area contributed by atoms with Gasteiger partial charge in [0.2, 0.25) is 10.1 Å². The summed E-state index contributed by atoms with van der Waals surface area (Å²) in [5.74, 6) is 0.913. The summed E-state index contributed by atoms with van der Waals surface area (Å²) in [6.07, 6.45) is 1.98. The summed E-state index contributed by atoms with van der Waals surface area (Å²) in [5, 5.41) is 0. The second-order valence-corrected chi connectivity index (χ2v) is 4.66. The lowest BCUT2D eigenvalue weighted by molar-refractivity contribution is 0.355. The molecule has 0 saturated heterocycles. The number of hydrogen-bond donors (Lipinski definition) is 0. The Bertz CT molecular complexity index is 85.7. The van der Waals surface area contributed by atoms with Crippen molar-refractivity contribution in [3.63, 3.8) is 0 Å². The molecular weight excluding hydrogens is 168 g/mol. The van der Waals surface area contributed by atoms with E-state index in [1.165, 1.54) is 10.8 Å². The molecule has 0 bridgehead atoms. The van der Waals surface area contributed by atoms with Gasteiger partial charge < -0.3 is 0 Å². The van der Waals surface area contributed by atoms with Gasteiger partial charge in [0.15, 0.2) is 0 Å². The molecule has 0 fully saturated rings. The fourth-order valence-corrected chi connectivity index (χ4v) is 2.33. The van der Waals surface area contributed by atoms with Crippen LogP contribution in [0.5, 0.6) is 0 Å². The quantitative estimate of drug-likeness (QED) is 0.589. The average Bonchev–Trinajstić information content (AvgIpc) is 1.97. The van der Waals surface area contributed by atoms with Gasteiger partial charge in [-0.3, -0.25) is 4.18 Å². The van der Waals surface area contributed by atoms with Gasteiger partial charge in [0.25, 0.3) is 0 Å². The van der Waals surface area contributed by atoms with Crippen molar-refractivity contribution in [2.24, 2.45) is 0 Å². The van der Waals surface area contributed by atoms with Gasteiger partial charge in [0, 0.05) is 5.75 Å². The lowest BCUT2D eigenvalue weighted by atomic mass is 10.5. The zero-order valence-corrected chi connectivity index (χ0v) is 8.09. The van der Waals surface area contributed by atoms with Crippen LogP contribution in [-0.4, -0.2) is 16.6 Å². The molecule has 0 rings (SSSR count). The predicted molar refractivity (Wildman–Crippen MR) is 47.1 cm³/mol. The van der Waals surface area contributed by atoms with Gasteiger partial charge in [-0.1, -0.05) is 13.8 Å². The van der Waals surface area contributed by atoms with Crippen molar-refractivity contribution in [2.45, 2.75) is 26.7 Å². The van der Waals surface area contributed by atoms with E-state index in [4.69, 9.17) is 4.18 Å². The maximum Gasteiger partial charge on any atom is 0.219 e. The molecule has 0 aliphatic heterocycles. The summed E-state index contributed by atoms with van der Waals surface area (Å²) in [6.45, 7) is 4.66. The highest BCUT2D eigenvalue weighted by Gasteiger charge is 1.97. The monoisotopic (exact) mass is 182 g/mol. The summed E-state index contributed by atoms with van der Waals surface area (Å²) in [5.41, 5.74) is 0. The Morgan fingerprint density at radius 3 is 2.60 bits per heavy atom. The van der Waals surface area contributed by atoms with Crippen LogP contribution in [0.3, 0.4) is 0 Å². The first-order valence-electron chi connectivity index (χ1n) is 3.49. The minimum atomic E-state index is -1.10. The molecule has 1 atom stereocenters. The molecule has 10 heavy (non-hydrogen) atoms. The van der Waals surface area contributed by atoms with Crippen molar-refractivity contribution in [1.29, 1.82) is 0 Å². The molecule has 0 spiro atoms. The second-order valence-electron chi connectivity index (χ2n) is 1.85. The summed E-state index contributed by atoms with van der Waals surface area (Å²) in [7, 11) is 0.263. The van der Waals surface area contributed by atoms with Crippen LogP contribution in [0.25, 0.3) is 0 Å². The van der Waals surface area contributed by atoms with E-state index >= 15 is 0 Å². The molecule has 0 heterocycles. The lowest BCUT2D eigenvalue weighted by Gasteiger charge is -1.98. The predicted octanol–water partition coefficient (Wildman–Crippen LogP) is 2.13. The molecular formula is C6H14O2S2. The highest BCUT2D eigenvalue weighted by atomic mass is 33.1. The van der Waals surface area contributed by atoms with Gasteiger partial charge in [0.05, 0.1) is 6.61 Å². The average molecular weight is 182 g/mol. The smallest absolute Gasteiger partial charge is 0.219 e. The van der Waals surface area contributed by atoms with Crippen molar-refractivity contribution < 1.29 is 8.39 Å². The summed E-state index contributed by atoms with van der Waals surface area (Å²) >= 11 is 0. The normalized spacial score (nSPS) is 13.4. The summed E-state index contributed by atoms with van der Waals surface area (Å²) in [6, 6.07) is 0. The van der Waals surface area contributed by atoms with Crippen LogP contribution in [-0.2, 0) is 14.3 Å². The van der Waals surface area contributed by atoms with E-state index in [0.717, 1.165) is 18.6 Å². The first kappa shape index (κ1) is 10.5. The Hall–Kier alpha value is 0.460. The van der Waals surface area contributed by atoms with E-state index in [9.17, 15) is 4.21 Å². The highest BCUT2D eigenvalue weighted by Crippen LogP contribution is 2.09. The van der Waals surface area contributed by atoms with Crippen molar-refractivity contribution in [3.8, 4) is 0 Å². The SMILES string of the molecule is CCCOS(=O)SCCC. The van der Waals surface area contributed by atoms with Crippen LogP contribution < -0.4 is 0 Å². The zero-order chi connectivity index (χ0) is 7.82. The molecule has 2 nitrogen and oxygen atoms in total. The van der Waals surface area contributed by atoms with Crippen LogP contribution in [0.15, 0.2) is 0 Å². The molecule has 0 aliphatic carbocycles. The number of rotatable bonds is 6. The Balaban J connectivity index is 3.09. The molecule has 0 aromatic rings. The first-order valence-corrected chi connectivity index (χ1v) is 6.07. The molecule has 0 saturated carbocycles. The Kier molecular flexibility index (Phi) is 7.91. The van der Waals surface area contributed by atoms with Gasteiger partial charge in [-0.05, 0) is 23.6 Å². The molecule has 0 aromatic heterocycles. The van der Waals surface area contributed by atoms with Crippen LogP contribution in [0.1, 0.15) is 26.7 Å². The van der Waals surface area contributed by atoms with Crippen molar-refractivity contribution in [2.75, 3.05) is 12.4 Å². The van der Waals surface area contributed by atoms with Gasteiger partial charge >= 0.3 is 0 Å². The number of hydrogen-bond acceptors (Lipinski definition) is 3. The van der Waals surface area contributed by atoms with Crippen LogP contribution in [0.4, 0.5) is 0 Å². The van der Waals surface area contributed by atoms with Gasteiger partial charge in [-0.25, -0.2) is 4.21 Å². The van der Waals surface area contributed by atoms with E-state index in [-0.39, 0.29) is 0 Å². The first-order chi connectivity index (χ1) is 4.81. The van der Waals surface area contributed by atoms with Crippen molar-refractivity contribution in [1.82, 2.24) is 0 Å². The molecule has 0 aliphatic rings. The molecule has 62 valence electrons. The third-order valence-electron chi connectivity index (χ3n) is 0.767. The van der Waals surface area contributed by atoms with E-state index in [2.05, 4.69) is 6.92 Å². The fraction of sp³-hybridized carbons (Fsp3) is 1.00. The van der Waals surface area contributed by atoms with Crippen molar-refractivity contribution >= 4 is 20.9 Å². The molecule has 0 N–H and O–H groups in total. The zero-order valence-electron chi connectivity index (χ0n) is 6.46. The molecule has 1 unspecified atom stereocenters. The second kappa shape index (κ2) is 7.57. The van der Waals surface area contributed by atoms with E-state index in [1.54, 1.807) is 0 Å². The molecule has 0 amide bonds. The van der Waals surface area contributed by atoms with Gasteiger partial charge in [-0.15, -0.1) is 0 Å².